The molecule has 30 heavy (non-hydrogen) atoms. The Morgan fingerprint density at radius 3 is 2.80 bits per heavy atom. The van der Waals surface area contributed by atoms with Gasteiger partial charge in [-0.3, -0.25) is 9.89 Å². The van der Waals surface area contributed by atoms with Gasteiger partial charge in [0.1, 0.15) is 29.0 Å². The van der Waals surface area contributed by atoms with Gasteiger partial charge in [-0.05, 0) is 48.9 Å². The van der Waals surface area contributed by atoms with Gasteiger partial charge in [-0.1, -0.05) is 11.6 Å². The zero-order chi connectivity index (χ0) is 21.3. The molecule has 0 aliphatic carbocycles. The summed E-state index contributed by atoms with van der Waals surface area (Å²) in [7, 11) is 3.25. The third-order valence-electron chi connectivity index (χ3n) is 5.00. The molecule has 3 aromatic rings. The average molecular weight is 428 g/mol. The minimum absolute atomic E-state index is 0.205. The molecule has 1 aliphatic heterocycles. The number of benzene rings is 2. The normalized spacial score (nSPS) is 14.7. The predicted molar refractivity (Wildman–Crippen MR) is 114 cm³/mol. The van der Waals surface area contributed by atoms with E-state index in [1.165, 1.54) is 0 Å². The monoisotopic (exact) mass is 427 g/mol. The molecule has 1 aromatic heterocycles. The van der Waals surface area contributed by atoms with Crippen LogP contribution in [0.2, 0.25) is 5.02 Å². The molecule has 0 fully saturated rings. The number of hydrogen-bond donors (Lipinski definition) is 2. The highest BCUT2D eigenvalue weighted by atomic mass is 35.5. The van der Waals surface area contributed by atoms with Gasteiger partial charge >= 0.3 is 0 Å². The molecule has 2 aromatic carbocycles. The highest BCUT2D eigenvalue weighted by molar-refractivity contribution is 6.32. The van der Waals surface area contributed by atoms with Crippen LogP contribution in [0.3, 0.4) is 0 Å². The molecule has 2 heterocycles. The maximum atomic E-state index is 12.2. The number of rotatable bonds is 6. The summed E-state index contributed by atoms with van der Waals surface area (Å²) in [5.41, 5.74) is 3.96. The Labute approximate surface area is 179 Å². The molecule has 0 radical (unpaired) electrons. The van der Waals surface area contributed by atoms with Crippen LogP contribution < -0.4 is 19.5 Å². The summed E-state index contributed by atoms with van der Waals surface area (Å²) in [5.74, 6) is 1.86. The first-order valence-electron chi connectivity index (χ1n) is 9.50. The molecule has 1 aliphatic rings. The zero-order valence-electron chi connectivity index (χ0n) is 16.9. The minimum atomic E-state index is -0.244. The molecule has 7 nitrogen and oxygen atoms in total. The van der Waals surface area contributed by atoms with Crippen molar-refractivity contribution in [3.8, 4) is 28.4 Å². The van der Waals surface area contributed by atoms with E-state index in [0.717, 1.165) is 33.9 Å². The van der Waals surface area contributed by atoms with Gasteiger partial charge < -0.3 is 19.5 Å². The smallest absolute Gasteiger partial charge is 0.271 e. The van der Waals surface area contributed by atoms with Gasteiger partial charge in [-0.2, -0.15) is 5.10 Å². The number of aromatic nitrogens is 2. The summed E-state index contributed by atoms with van der Waals surface area (Å²) in [6.07, 6.45) is 0.429. The Morgan fingerprint density at radius 2 is 2.10 bits per heavy atom. The van der Waals surface area contributed by atoms with E-state index >= 15 is 0 Å². The number of carbonyl (C=O) groups excluding carboxylic acids is 1. The van der Waals surface area contributed by atoms with Crippen molar-refractivity contribution < 1.29 is 19.0 Å². The molecule has 0 bridgehead atoms. The van der Waals surface area contributed by atoms with E-state index in [1.54, 1.807) is 20.3 Å². The van der Waals surface area contributed by atoms with Crippen molar-refractivity contribution in [2.24, 2.45) is 0 Å². The summed E-state index contributed by atoms with van der Waals surface area (Å²) < 4.78 is 16.8. The number of H-pyrrole nitrogens is 1. The first kappa shape index (κ1) is 20.1. The van der Waals surface area contributed by atoms with Gasteiger partial charge in [-0.25, -0.2) is 0 Å². The van der Waals surface area contributed by atoms with Crippen molar-refractivity contribution in [1.82, 2.24) is 15.5 Å². The van der Waals surface area contributed by atoms with Gasteiger partial charge in [0.25, 0.3) is 5.91 Å². The van der Waals surface area contributed by atoms with Crippen LogP contribution in [0, 0.1) is 6.92 Å². The number of fused-ring (bicyclic) bond motifs is 1. The lowest BCUT2D eigenvalue weighted by Crippen LogP contribution is -2.34. The van der Waals surface area contributed by atoms with Crippen molar-refractivity contribution in [3.05, 3.63) is 58.4 Å². The lowest BCUT2D eigenvalue weighted by atomic mass is 9.99. The molecular formula is C22H22ClN3O4. The van der Waals surface area contributed by atoms with Crippen LogP contribution >= 0.6 is 11.6 Å². The predicted octanol–water partition coefficient (Wildman–Crippen LogP) is 3.79. The first-order chi connectivity index (χ1) is 14.5. The van der Waals surface area contributed by atoms with Crippen molar-refractivity contribution in [1.29, 1.82) is 0 Å². The maximum absolute atomic E-state index is 12.2. The van der Waals surface area contributed by atoms with Crippen LogP contribution in [0.4, 0.5) is 0 Å². The van der Waals surface area contributed by atoms with E-state index in [9.17, 15) is 4.79 Å². The van der Waals surface area contributed by atoms with Crippen LogP contribution in [0.15, 0.2) is 36.4 Å². The van der Waals surface area contributed by atoms with Crippen molar-refractivity contribution in [2.45, 2.75) is 19.4 Å². The van der Waals surface area contributed by atoms with Crippen molar-refractivity contribution in [3.63, 3.8) is 0 Å². The van der Waals surface area contributed by atoms with Crippen LogP contribution in [-0.4, -0.2) is 43.0 Å². The third kappa shape index (κ3) is 3.93. The van der Waals surface area contributed by atoms with Gasteiger partial charge in [0, 0.05) is 23.2 Å². The van der Waals surface area contributed by atoms with Crippen LogP contribution in [0.1, 0.15) is 21.7 Å². The van der Waals surface area contributed by atoms with Crippen LogP contribution in [0.5, 0.6) is 17.2 Å². The van der Waals surface area contributed by atoms with Crippen molar-refractivity contribution in [2.75, 3.05) is 20.8 Å². The molecule has 0 unspecified atom stereocenters. The molecule has 4 rings (SSSR count). The van der Waals surface area contributed by atoms with E-state index in [4.69, 9.17) is 25.8 Å². The molecule has 8 heteroatoms. The quantitative estimate of drug-likeness (QED) is 0.625. The molecule has 0 saturated carbocycles. The van der Waals surface area contributed by atoms with E-state index in [1.807, 2.05) is 37.3 Å². The number of methoxy groups -OCH3 is 2. The molecule has 156 valence electrons. The Hall–Kier alpha value is -3.19. The Morgan fingerprint density at radius 1 is 1.27 bits per heavy atom. The molecule has 0 spiro atoms. The van der Waals surface area contributed by atoms with E-state index in [2.05, 4.69) is 15.5 Å². The number of nitrogens with one attached hydrogen (secondary N) is 2. The summed E-state index contributed by atoms with van der Waals surface area (Å²) in [6, 6.07) is 11.2. The number of aryl methyl sites for hydroxylation is 1. The first-order valence-corrected chi connectivity index (χ1v) is 9.88. The fourth-order valence-electron chi connectivity index (χ4n) is 3.53. The molecular weight excluding hydrogens is 406 g/mol. The number of hydrogen-bond acceptors (Lipinski definition) is 5. The number of carbonyl (C=O) groups is 1. The molecule has 2 N–H and O–H groups in total. The number of aromatic amines is 1. The number of ether oxygens (including phenoxy) is 3. The topological polar surface area (TPSA) is 85.5 Å². The third-order valence-corrected chi connectivity index (χ3v) is 5.28. The number of nitrogens with zero attached hydrogens (tertiary/aromatic N) is 1. The second-order valence-corrected chi connectivity index (χ2v) is 7.51. The highest BCUT2D eigenvalue weighted by Gasteiger charge is 2.27. The van der Waals surface area contributed by atoms with Gasteiger partial charge in [-0.15, -0.1) is 0 Å². The summed E-state index contributed by atoms with van der Waals surface area (Å²) >= 11 is 6.52. The summed E-state index contributed by atoms with van der Waals surface area (Å²) in [6.45, 7) is 2.20. The molecule has 1 amide bonds. The lowest BCUT2D eigenvalue weighted by molar-refractivity contribution is 0.0928. The number of amides is 1. The number of halogens is 1. The standard InChI is InChI=1S/C22H22ClN3O4/c1-12-6-19(26-25-12)22(27)24-11-16-8-14-7-13(9-18(23)21(14)30-16)17-10-15(28-2)4-5-20(17)29-3/h4-7,9-10,16H,8,11H2,1-3H3,(H,24,27)(H,25,26)/t16-/m1/s1. The van der Waals surface area contributed by atoms with E-state index < -0.39 is 0 Å². The van der Waals surface area contributed by atoms with E-state index in [0.29, 0.717) is 29.4 Å². The fourth-order valence-corrected chi connectivity index (χ4v) is 3.81. The zero-order valence-corrected chi connectivity index (χ0v) is 17.7. The van der Waals surface area contributed by atoms with E-state index in [-0.39, 0.29) is 12.0 Å². The minimum Gasteiger partial charge on any atom is -0.497 e. The van der Waals surface area contributed by atoms with Gasteiger partial charge in [0.15, 0.2) is 0 Å². The average Bonchev–Trinajstić information content (AvgIpc) is 3.37. The summed E-state index contributed by atoms with van der Waals surface area (Å²) in [5, 5.41) is 10.1. The Bertz CT molecular complexity index is 1100. The maximum Gasteiger partial charge on any atom is 0.271 e. The lowest BCUT2D eigenvalue weighted by Gasteiger charge is -2.13. The Kier molecular flexibility index (Phi) is 5.55. The van der Waals surface area contributed by atoms with Crippen molar-refractivity contribution >= 4 is 17.5 Å². The summed E-state index contributed by atoms with van der Waals surface area (Å²) in [4.78, 5) is 12.2. The second kappa shape index (κ2) is 8.28. The second-order valence-electron chi connectivity index (χ2n) is 7.10. The highest BCUT2D eigenvalue weighted by Crippen LogP contribution is 2.42. The van der Waals surface area contributed by atoms with Gasteiger partial charge in [0.05, 0.1) is 25.8 Å². The molecule has 0 saturated heterocycles. The fraction of sp³-hybridized carbons (Fsp3) is 0.273. The largest absolute Gasteiger partial charge is 0.497 e. The SMILES string of the molecule is COc1ccc(OC)c(-c2cc(Cl)c3c(c2)C[C@H](CNC(=O)c2cc(C)[nH]n2)O3)c1. The van der Waals surface area contributed by atoms with Crippen LogP contribution in [0.25, 0.3) is 11.1 Å². The Balaban J connectivity index is 1.52. The van der Waals surface area contributed by atoms with Gasteiger partial charge in [0.2, 0.25) is 0 Å². The molecule has 1 atom stereocenters. The van der Waals surface area contributed by atoms with Crippen LogP contribution in [-0.2, 0) is 6.42 Å².